The zero-order chi connectivity index (χ0) is 12.4. The number of nitrogens with zero attached hydrogens (tertiary/aromatic N) is 2. The van der Waals surface area contributed by atoms with Crippen molar-refractivity contribution in [1.82, 2.24) is 0 Å². The molecule has 1 unspecified atom stereocenters. The van der Waals surface area contributed by atoms with Gasteiger partial charge in [0.15, 0.2) is 5.84 Å². The maximum absolute atomic E-state index is 9.49. The van der Waals surface area contributed by atoms with Gasteiger partial charge in [-0.1, -0.05) is 5.16 Å². The fraction of sp³-hybridized carbons (Fsp3) is 0.364. The van der Waals surface area contributed by atoms with Gasteiger partial charge in [0.25, 0.3) is 0 Å². The first kappa shape index (κ1) is 12.2. The molecule has 0 aliphatic carbocycles. The molecular formula is C11H14BrN3O2. The summed E-state index contributed by atoms with van der Waals surface area (Å²) in [7, 11) is 0. The molecular weight excluding hydrogens is 286 g/mol. The minimum Gasteiger partial charge on any atom is -0.409 e. The third kappa shape index (κ3) is 2.53. The van der Waals surface area contributed by atoms with Gasteiger partial charge in [0.2, 0.25) is 0 Å². The fourth-order valence-electron chi connectivity index (χ4n) is 1.94. The molecule has 0 saturated carbocycles. The van der Waals surface area contributed by atoms with Crippen LogP contribution in [0, 0.1) is 0 Å². The van der Waals surface area contributed by atoms with Gasteiger partial charge in [0.05, 0.1) is 6.10 Å². The number of aliphatic hydroxyl groups is 1. The van der Waals surface area contributed by atoms with Gasteiger partial charge < -0.3 is 20.9 Å². The Labute approximate surface area is 108 Å². The highest BCUT2D eigenvalue weighted by molar-refractivity contribution is 9.10. The zero-order valence-corrected chi connectivity index (χ0v) is 10.8. The Balaban J connectivity index is 2.25. The average Bonchev–Trinajstić information content (AvgIpc) is 2.75. The summed E-state index contributed by atoms with van der Waals surface area (Å²) in [5.74, 6) is 0.0740. The van der Waals surface area contributed by atoms with Crippen molar-refractivity contribution in [2.24, 2.45) is 10.9 Å². The first-order chi connectivity index (χ1) is 8.11. The second-order valence-electron chi connectivity index (χ2n) is 4.04. The number of halogens is 1. The topological polar surface area (TPSA) is 82.1 Å². The standard InChI is InChI=1S/C11H14BrN3O2/c12-10-5-7(15-4-3-8(16)6-15)1-2-9(10)11(13)14-17/h1-2,5,8,16-17H,3-4,6H2,(H2,13,14). The normalized spacial score (nSPS) is 20.9. The summed E-state index contributed by atoms with van der Waals surface area (Å²) in [5, 5.41) is 21.1. The van der Waals surface area contributed by atoms with Gasteiger partial charge in [-0.25, -0.2) is 0 Å². The Bertz CT molecular complexity index is 450. The largest absolute Gasteiger partial charge is 0.409 e. The van der Waals surface area contributed by atoms with E-state index in [0.717, 1.165) is 23.1 Å². The molecule has 0 aromatic heterocycles. The van der Waals surface area contributed by atoms with Crippen LogP contribution in [0.3, 0.4) is 0 Å². The summed E-state index contributed by atoms with van der Waals surface area (Å²) >= 11 is 3.39. The van der Waals surface area contributed by atoms with E-state index >= 15 is 0 Å². The molecule has 5 nitrogen and oxygen atoms in total. The summed E-state index contributed by atoms with van der Waals surface area (Å²) in [6.45, 7) is 1.49. The first-order valence-electron chi connectivity index (χ1n) is 5.32. The SMILES string of the molecule is N/C(=N/O)c1ccc(N2CCC(O)C2)cc1Br. The molecule has 1 aliphatic heterocycles. The molecule has 0 spiro atoms. The third-order valence-corrected chi connectivity index (χ3v) is 3.52. The van der Waals surface area contributed by atoms with E-state index in [1.807, 2.05) is 12.1 Å². The lowest BCUT2D eigenvalue weighted by atomic mass is 10.2. The number of benzene rings is 1. The highest BCUT2D eigenvalue weighted by Crippen LogP contribution is 2.26. The fourth-order valence-corrected chi connectivity index (χ4v) is 2.51. The van der Waals surface area contributed by atoms with Crippen molar-refractivity contribution in [3.63, 3.8) is 0 Å². The molecule has 1 aliphatic rings. The molecule has 1 saturated heterocycles. The molecule has 0 bridgehead atoms. The van der Waals surface area contributed by atoms with Crippen LogP contribution in [0.5, 0.6) is 0 Å². The van der Waals surface area contributed by atoms with Crippen molar-refractivity contribution in [1.29, 1.82) is 0 Å². The van der Waals surface area contributed by atoms with Crippen LogP contribution in [0.2, 0.25) is 0 Å². The summed E-state index contributed by atoms with van der Waals surface area (Å²) in [6.07, 6.45) is 0.539. The second kappa shape index (κ2) is 4.93. The molecule has 1 aromatic rings. The van der Waals surface area contributed by atoms with Crippen molar-refractivity contribution in [3.8, 4) is 0 Å². The molecule has 1 aromatic carbocycles. The number of β-amino-alcohol motifs (C(OH)–C–C–N with tert-alkyl or cyclic N) is 1. The van der Waals surface area contributed by atoms with Crippen LogP contribution in [0.1, 0.15) is 12.0 Å². The molecule has 1 heterocycles. The van der Waals surface area contributed by atoms with Gasteiger partial charge in [-0.15, -0.1) is 0 Å². The number of aliphatic hydroxyl groups excluding tert-OH is 1. The summed E-state index contributed by atoms with van der Waals surface area (Å²) in [6, 6.07) is 5.60. The number of oxime groups is 1. The zero-order valence-electron chi connectivity index (χ0n) is 9.17. The Kier molecular flexibility index (Phi) is 3.54. The Hall–Kier alpha value is -1.27. The van der Waals surface area contributed by atoms with Crippen LogP contribution >= 0.6 is 15.9 Å². The highest BCUT2D eigenvalue weighted by atomic mass is 79.9. The predicted molar refractivity (Wildman–Crippen MR) is 69.5 cm³/mol. The number of rotatable bonds is 2. The van der Waals surface area contributed by atoms with Crippen molar-refractivity contribution >= 4 is 27.5 Å². The van der Waals surface area contributed by atoms with E-state index in [4.69, 9.17) is 10.9 Å². The van der Waals surface area contributed by atoms with Crippen LogP contribution in [0.4, 0.5) is 5.69 Å². The third-order valence-electron chi connectivity index (χ3n) is 2.86. The number of anilines is 1. The number of hydrogen-bond acceptors (Lipinski definition) is 4. The lowest BCUT2D eigenvalue weighted by Gasteiger charge is -2.18. The Morgan fingerprint density at radius 3 is 2.82 bits per heavy atom. The first-order valence-corrected chi connectivity index (χ1v) is 6.11. The van der Waals surface area contributed by atoms with Gasteiger partial charge in [-0.3, -0.25) is 0 Å². The lowest BCUT2D eigenvalue weighted by Crippen LogP contribution is -2.21. The minimum absolute atomic E-state index is 0.0740. The van der Waals surface area contributed by atoms with Gasteiger partial charge >= 0.3 is 0 Å². The van der Waals surface area contributed by atoms with E-state index in [0.29, 0.717) is 12.1 Å². The van der Waals surface area contributed by atoms with Crippen LogP contribution < -0.4 is 10.6 Å². The van der Waals surface area contributed by atoms with Gasteiger partial charge in [-0.2, -0.15) is 0 Å². The molecule has 1 atom stereocenters. The van der Waals surface area contributed by atoms with Crippen LogP contribution in [0.25, 0.3) is 0 Å². The van der Waals surface area contributed by atoms with Gasteiger partial charge in [-0.05, 0) is 40.5 Å². The van der Waals surface area contributed by atoms with E-state index < -0.39 is 0 Å². The molecule has 0 radical (unpaired) electrons. The molecule has 0 amide bonds. The van der Waals surface area contributed by atoms with Crippen molar-refractivity contribution < 1.29 is 10.3 Å². The van der Waals surface area contributed by atoms with Gasteiger partial charge in [0, 0.05) is 28.8 Å². The van der Waals surface area contributed by atoms with Crippen LogP contribution in [-0.2, 0) is 0 Å². The number of nitrogens with two attached hydrogens (primary N) is 1. The van der Waals surface area contributed by atoms with Crippen molar-refractivity contribution in [2.45, 2.75) is 12.5 Å². The number of amidine groups is 1. The molecule has 6 heteroatoms. The molecule has 4 N–H and O–H groups in total. The lowest BCUT2D eigenvalue weighted by molar-refractivity contribution is 0.198. The highest BCUT2D eigenvalue weighted by Gasteiger charge is 2.21. The smallest absolute Gasteiger partial charge is 0.171 e. The van der Waals surface area contributed by atoms with Crippen LogP contribution in [0.15, 0.2) is 27.8 Å². The second-order valence-corrected chi connectivity index (χ2v) is 4.89. The maximum Gasteiger partial charge on any atom is 0.171 e. The molecule has 92 valence electrons. The summed E-state index contributed by atoms with van der Waals surface area (Å²) < 4.78 is 0.770. The number of hydrogen-bond donors (Lipinski definition) is 3. The van der Waals surface area contributed by atoms with E-state index in [2.05, 4.69) is 26.0 Å². The van der Waals surface area contributed by atoms with E-state index in [1.54, 1.807) is 6.07 Å². The maximum atomic E-state index is 9.49. The minimum atomic E-state index is -0.252. The monoisotopic (exact) mass is 299 g/mol. The van der Waals surface area contributed by atoms with E-state index in [1.165, 1.54) is 0 Å². The average molecular weight is 300 g/mol. The Morgan fingerprint density at radius 2 is 2.29 bits per heavy atom. The molecule has 2 rings (SSSR count). The quantitative estimate of drug-likeness (QED) is 0.331. The predicted octanol–water partition coefficient (Wildman–Crippen LogP) is 1.11. The summed E-state index contributed by atoms with van der Waals surface area (Å²) in [4.78, 5) is 2.10. The van der Waals surface area contributed by atoms with E-state index in [-0.39, 0.29) is 11.9 Å². The summed E-state index contributed by atoms with van der Waals surface area (Å²) in [5.41, 5.74) is 7.20. The Morgan fingerprint density at radius 1 is 1.53 bits per heavy atom. The van der Waals surface area contributed by atoms with Crippen LogP contribution in [-0.4, -0.2) is 35.3 Å². The van der Waals surface area contributed by atoms with Crippen molar-refractivity contribution in [2.75, 3.05) is 18.0 Å². The molecule has 17 heavy (non-hydrogen) atoms. The van der Waals surface area contributed by atoms with E-state index in [9.17, 15) is 5.11 Å². The van der Waals surface area contributed by atoms with Crippen molar-refractivity contribution in [3.05, 3.63) is 28.2 Å². The molecule has 1 fully saturated rings. The van der Waals surface area contributed by atoms with Gasteiger partial charge in [0.1, 0.15) is 0 Å².